The van der Waals surface area contributed by atoms with Crippen molar-refractivity contribution >= 4 is 58.0 Å². The molecule has 5 atom stereocenters. The van der Waals surface area contributed by atoms with E-state index in [1.165, 1.54) is 0 Å². The van der Waals surface area contributed by atoms with Gasteiger partial charge in [-0.3, -0.25) is 9.59 Å². The van der Waals surface area contributed by atoms with Crippen LogP contribution in [0.3, 0.4) is 0 Å². The number of Topliss-reactive ketones (excluding diaryl/α,β-unsaturated/α-hetero) is 1. The molecule has 0 heterocycles. The molecule has 0 aromatic heterocycles. The molecule has 4 aliphatic carbocycles. The highest BCUT2D eigenvalue weighted by Crippen LogP contribution is 2.60. The van der Waals surface area contributed by atoms with Gasteiger partial charge in [-0.25, -0.2) is 0 Å². The SMILES string of the molecule is C[C@@]12C=C(Cl)C(=O)[C@H]1C1=C(CC2)[C@]2(CCl)C(=CC1=O)C=C[C@H](Cl)[C@H]2Cl. The average molecular weight is 418 g/mol. The van der Waals surface area contributed by atoms with Crippen molar-refractivity contribution in [3.63, 3.8) is 0 Å². The highest BCUT2D eigenvalue weighted by atomic mass is 35.5. The van der Waals surface area contributed by atoms with Crippen LogP contribution in [0.25, 0.3) is 0 Å². The Labute approximate surface area is 166 Å². The number of rotatable bonds is 1. The van der Waals surface area contributed by atoms with Crippen molar-refractivity contribution in [2.24, 2.45) is 16.7 Å². The predicted octanol–water partition coefficient (Wildman–Crippen LogP) is 4.92. The van der Waals surface area contributed by atoms with E-state index in [0.29, 0.717) is 12.0 Å². The number of hydrogen-bond donors (Lipinski definition) is 0. The maximum absolute atomic E-state index is 13.0. The third-order valence-corrected chi connectivity index (χ3v) is 8.05. The molecule has 0 amide bonds. The van der Waals surface area contributed by atoms with Gasteiger partial charge in [0.15, 0.2) is 11.6 Å². The van der Waals surface area contributed by atoms with Crippen molar-refractivity contribution in [3.05, 3.63) is 46.1 Å². The number of allylic oxidation sites excluding steroid dienone is 8. The Morgan fingerprint density at radius 2 is 2.00 bits per heavy atom. The van der Waals surface area contributed by atoms with E-state index in [9.17, 15) is 9.59 Å². The summed E-state index contributed by atoms with van der Waals surface area (Å²) in [7, 11) is 0. The van der Waals surface area contributed by atoms with E-state index in [-0.39, 0.29) is 22.5 Å². The zero-order valence-corrected chi connectivity index (χ0v) is 16.5. The van der Waals surface area contributed by atoms with E-state index < -0.39 is 27.5 Å². The minimum Gasteiger partial charge on any atom is -0.292 e. The summed E-state index contributed by atoms with van der Waals surface area (Å²) in [5.74, 6) is -0.675. The van der Waals surface area contributed by atoms with Crippen molar-refractivity contribution in [1.29, 1.82) is 0 Å². The lowest BCUT2D eigenvalue weighted by molar-refractivity contribution is -0.122. The Morgan fingerprint density at radius 1 is 1.28 bits per heavy atom. The number of hydrogen-bond acceptors (Lipinski definition) is 2. The smallest absolute Gasteiger partial charge is 0.182 e. The van der Waals surface area contributed by atoms with Gasteiger partial charge < -0.3 is 0 Å². The van der Waals surface area contributed by atoms with E-state index in [2.05, 4.69) is 0 Å². The molecule has 6 heteroatoms. The molecule has 0 bridgehead atoms. The molecule has 0 aromatic carbocycles. The van der Waals surface area contributed by atoms with Crippen LogP contribution in [-0.2, 0) is 9.59 Å². The van der Waals surface area contributed by atoms with Crippen molar-refractivity contribution in [3.8, 4) is 0 Å². The van der Waals surface area contributed by atoms with Crippen LogP contribution in [-0.4, -0.2) is 28.2 Å². The molecule has 0 fully saturated rings. The van der Waals surface area contributed by atoms with Gasteiger partial charge in [0.2, 0.25) is 0 Å². The summed E-state index contributed by atoms with van der Waals surface area (Å²) in [5.41, 5.74) is 1.03. The van der Waals surface area contributed by atoms with Gasteiger partial charge >= 0.3 is 0 Å². The van der Waals surface area contributed by atoms with Crippen LogP contribution in [0.5, 0.6) is 0 Å². The van der Waals surface area contributed by atoms with E-state index in [1.807, 2.05) is 13.0 Å². The fourth-order valence-corrected chi connectivity index (χ4v) is 6.48. The number of alkyl halides is 3. The maximum atomic E-state index is 13.0. The van der Waals surface area contributed by atoms with Gasteiger partial charge in [0.25, 0.3) is 0 Å². The summed E-state index contributed by atoms with van der Waals surface area (Å²) >= 11 is 25.7. The second-order valence-electron chi connectivity index (χ2n) is 7.46. The Morgan fingerprint density at radius 3 is 2.68 bits per heavy atom. The normalized spacial score (nSPS) is 42.7. The zero-order valence-electron chi connectivity index (χ0n) is 13.5. The summed E-state index contributed by atoms with van der Waals surface area (Å²) in [6.07, 6.45) is 8.37. The average Bonchev–Trinajstić information content (AvgIpc) is 2.81. The van der Waals surface area contributed by atoms with Crippen molar-refractivity contribution in [1.82, 2.24) is 0 Å². The summed E-state index contributed by atoms with van der Waals surface area (Å²) in [6, 6.07) is 0. The standard InChI is InChI=1S/C19H16Cl4O2/c1-18-5-4-10-14(15(18)16(25)12(22)7-18)13(24)6-9-2-3-11(21)17(23)19(9,10)8-20/h2-3,6-7,11,15,17H,4-5,8H2,1H3/t11-,15+,17+,18+,19-/m0/s1. The fraction of sp³-hybridized carbons (Fsp3) is 0.474. The lowest BCUT2D eigenvalue weighted by atomic mass is 9.55. The molecule has 0 aliphatic heterocycles. The molecule has 4 aliphatic rings. The number of carbonyl (C=O) groups is 2. The summed E-state index contributed by atoms with van der Waals surface area (Å²) in [4.78, 5) is 25.7. The molecular weight excluding hydrogens is 402 g/mol. The maximum Gasteiger partial charge on any atom is 0.182 e. The van der Waals surface area contributed by atoms with E-state index in [1.54, 1.807) is 18.2 Å². The van der Waals surface area contributed by atoms with Crippen molar-refractivity contribution in [2.75, 3.05) is 5.88 Å². The molecule has 0 aromatic rings. The molecule has 0 saturated heterocycles. The summed E-state index contributed by atoms with van der Waals surface area (Å²) in [6.45, 7) is 1.98. The van der Waals surface area contributed by atoms with Gasteiger partial charge in [-0.1, -0.05) is 36.8 Å². The number of ketones is 2. The topological polar surface area (TPSA) is 34.1 Å². The minimum atomic E-state index is -0.718. The molecular formula is C19H16Cl4O2. The quantitative estimate of drug-likeness (QED) is 0.567. The van der Waals surface area contributed by atoms with Crippen LogP contribution in [0, 0.1) is 16.7 Å². The summed E-state index contributed by atoms with van der Waals surface area (Å²) in [5, 5.41) is -0.663. The first-order valence-corrected chi connectivity index (χ1v) is 10.00. The Balaban J connectivity index is 1.96. The first-order valence-electron chi connectivity index (χ1n) is 8.21. The van der Waals surface area contributed by atoms with Crippen molar-refractivity contribution in [2.45, 2.75) is 30.5 Å². The largest absolute Gasteiger partial charge is 0.292 e. The molecule has 25 heavy (non-hydrogen) atoms. The van der Waals surface area contributed by atoms with Crippen LogP contribution in [0.2, 0.25) is 0 Å². The zero-order chi connectivity index (χ0) is 18.1. The van der Waals surface area contributed by atoms with E-state index >= 15 is 0 Å². The molecule has 0 radical (unpaired) electrons. The van der Waals surface area contributed by atoms with Crippen LogP contribution in [0.15, 0.2) is 46.1 Å². The second-order valence-corrected chi connectivity index (χ2v) is 9.11. The van der Waals surface area contributed by atoms with Gasteiger partial charge in [-0.2, -0.15) is 0 Å². The molecule has 0 N–H and O–H groups in total. The predicted molar refractivity (Wildman–Crippen MR) is 101 cm³/mol. The first kappa shape index (κ1) is 17.9. The Bertz CT molecular complexity index is 821. The highest BCUT2D eigenvalue weighted by Gasteiger charge is 2.58. The van der Waals surface area contributed by atoms with Gasteiger partial charge in [-0.05, 0) is 30.1 Å². The summed E-state index contributed by atoms with van der Waals surface area (Å²) < 4.78 is 0. The van der Waals surface area contributed by atoms with E-state index in [0.717, 1.165) is 17.6 Å². The van der Waals surface area contributed by atoms with Crippen LogP contribution < -0.4 is 0 Å². The highest BCUT2D eigenvalue weighted by molar-refractivity contribution is 6.44. The molecule has 0 saturated carbocycles. The number of halogens is 4. The molecule has 0 unspecified atom stereocenters. The monoisotopic (exact) mass is 416 g/mol. The lowest BCUT2D eigenvalue weighted by Gasteiger charge is -2.50. The van der Waals surface area contributed by atoms with Gasteiger partial charge in [0, 0.05) is 22.3 Å². The first-order chi connectivity index (χ1) is 11.8. The minimum absolute atomic E-state index is 0.142. The van der Waals surface area contributed by atoms with Crippen LogP contribution >= 0.6 is 46.4 Å². The Hall–Kier alpha value is -0.540. The third kappa shape index (κ3) is 2.18. The third-order valence-electron chi connectivity index (χ3n) is 6.17. The molecule has 4 rings (SSSR count). The van der Waals surface area contributed by atoms with Crippen molar-refractivity contribution < 1.29 is 9.59 Å². The van der Waals surface area contributed by atoms with Gasteiger partial charge in [0.05, 0.1) is 21.7 Å². The second kappa shape index (κ2) is 5.73. The van der Waals surface area contributed by atoms with E-state index in [4.69, 9.17) is 46.4 Å². The van der Waals surface area contributed by atoms with Gasteiger partial charge in [0.1, 0.15) is 0 Å². The fourth-order valence-electron chi connectivity index (χ4n) is 4.86. The number of carbonyl (C=O) groups excluding carboxylic acids is 2. The molecule has 132 valence electrons. The van der Waals surface area contributed by atoms with Crippen LogP contribution in [0.1, 0.15) is 19.8 Å². The van der Waals surface area contributed by atoms with Gasteiger partial charge in [-0.15, -0.1) is 34.8 Å². The molecule has 2 nitrogen and oxygen atoms in total. The Kier molecular flexibility index (Phi) is 4.09. The van der Waals surface area contributed by atoms with Crippen LogP contribution in [0.4, 0.5) is 0 Å². The lowest BCUT2D eigenvalue weighted by Crippen LogP contribution is -2.50. The molecule has 0 spiro atoms. The number of fused-ring (bicyclic) bond motifs is 4.